The number of unbranched alkanes of at least 4 members (excludes halogenated alkanes) is 3. The minimum absolute atomic E-state index is 0.0835. The van der Waals surface area contributed by atoms with Crippen molar-refractivity contribution in [3.63, 3.8) is 0 Å². The number of carbonyl (C=O) groups is 3. The van der Waals surface area contributed by atoms with Gasteiger partial charge in [-0.25, -0.2) is 4.79 Å². The third-order valence-electron chi connectivity index (χ3n) is 6.40. The SMILES string of the molecule is CCCCCCC1=C(N[C@@H](Cc2ccc(NC(=O)c3c(Cl)cncc3Cl)cc2)C(=O)O)C(C)(C)C1=O. The van der Waals surface area contributed by atoms with Gasteiger partial charge in [-0.15, -0.1) is 0 Å². The number of carboxylic acids is 1. The molecule has 36 heavy (non-hydrogen) atoms. The summed E-state index contributed by atoms with van der Waals surface area (Å²) in [6.45, 7) is 5.78. The highest BCUT2D eigenvalue weighted by Gasteiger charge is 2.46. The molecule has 0 radical (unpaired) electrons. The van der Waals surface area contributed by atoms with Gasteiger partial charge in [-0.3, -0.25) is 14.6 Å². The van der Waals surface area contributed by atoms with E-state index in [0.717, 1.165) is 36.9 Å². The molecule has 1 aliphatic rings. The van der Waals surface area contributed by atoms with Crippen LogP contribution in [0.15, 0.2) is 47.9 Å². The number of rotatable bonds is 12. The van der Waals surface area contributed by atoms with Crippen molar-refractivity contribution in [1.29, 1.82) is 0 Å². The van der Waals surface area contributed by atoms with Crippen molar-refractivity contribution in [3.8, 4) is 0 Å². The summed E-state index contributed by atoms with van der Waals surface area (Å²) >= 11 is 12.1. The third kappa shape index (κ3) is 6.26. The number of nitrogens with one attached hydrogen (secondary N) is 2. The molecule has 3 N–H and O–H groups in total. The van der Waals surface area contributed by atoms with E-state index in [2.05, 4.69) is 22.5 Å². The van der Waals surface area contributed by atoms with Gasteiger partial charge in [0.1, 0.15) is 6.04 Å². The first-order valence-corrected chi connectivity index (χ1v) is 12.8. The zero-order valence-corrected chi connectivity index (χ0v) is 22.2. The number of amides is 1. The Morgan fingerprint density at radius 3 is 2.28 bits per heavy atom. The van der Waals surface area contributed by atoms with Crippen LogP contribution in [-0.2, 0) is 16.0 Å². The lowest BCUT2D eigenvalue weighted by atomic mass is 9.67. The zero-order valence-electron chi connectivity index (χ0n) is 20.7. The molecule has 0 saturated heterocycles. The number of carbonyl (C=O) groups excluding carboxylic acids is 2. The molecule has 192 valence electrons. The lowest BCUT2D eigenvalue weighted by molar-refractivity contribution is -0.139. The van der Waals surface area contributed by atoms with Crippen molar-refractivity contribution in [1.82, 2.24) is 10.3 Å². The number of anilines is 1. The normalized spacial score (nSPS) is 15.3. The van der Waals surface area contributed by atoms with Crippen LogP contribution < -0.4 is 10.6 Å². The lowest BCUT2D eigenvalue weighted by Crippen LogP contribution is -2.51. The Morgan fingerprint density at radius 2 is 1.69 bits per heavy atom. The minimum Gasteiger partial charge on any atom is -0.480 e. The number of hydrogen-bond donors (Lipinski definition) is 3. The topological polar surface area (TPSA) is 108 Å². The number of aliphatic carboxylic acids is 1. The summed E-state index contributed by atoms with van der Waals surface area (Å²) in [5.41, 5.74) is 2.14. The Kier molecular flexibility index (Phi) is 9.14. The van der Waals surface area contributed by atoms with Gasteiger partial charge in [-0.1, -0.05) is 61.5 Å². The highest BCUT2D eigenvalue weighted by Crippen LogP contribution is 2.43. The maximum Gasteiger partial charge on any atom is 0.326 e. The van der Waals surface area contributed by atoms with E-state index in [9.17, 15) is 19.5 Å². The van der Waals surface area contributed by atoms with Crippen LogP contribution in [0.5, 0.6) is 0 Å². The summed E-state index contributed by atoms with van der Waals surface area (Å²) in [5.74, 6) is -1.39. The number of halogens is 2. The van der Waals surface area contributed by atoms with Gasteiger partial charge in [0.25, 0.3) is 5.91 Å². The van der Waals surface area contributed by atoms with Gasteiger partial charge in [0.2, 0.25) is 0 Å². The summed E-state index contributed by atoms with van der Waals surface area (Å²) in [6.07, 6.45) is 7.74. The Balaban J connectivity index is 1.69. The molecule has 2 aromatic rings. The van der Waals surface area contributed by atoms with Crippen LogP contribution in [0.1, 0.15) is 68.8 Å². The predicted octanol–water partition coefficient (Wildman–Crippen LogP) is 6.06. The molecule has 1 aliphatic carbocycles. The van der Waals surface area contributed by atoms with Gasteiger partial charge in [0.05, 0.1) is 21.0 Å². The number of carboxylic acid groups (broad SMARTS) is 1. The summed E-state index contributed by atoms with van der Waals surface area (Å²) in [7, 11) is 0. The van der Waals surface area contributed by atoms with E-state index >= 15 is 0 Å². The number of pyridine rings is 1. The van der Waals surface area contributed by atoms with E-state index in [4.69, 9.17) is 23.2 Å². The Bertz CT molecular complexity index is 1160. The number of Topliss-reactive ketones (excluding diaryl/α,β-unsaturated/α-hetero) is 1. The molecule has 1 heterocycles. The highest BCUT2D eigenvalue weighted by molar-refractivity contribution is 6.40. The first-order chi connectivity index (χ1) is 17.1. The van der Waals surface area contributed by atoms with E-state index in [1.165, 1.54) is 12.4 Å². The van der Waals surface area contributed by atoms with Crippen molar-refractivity contribution >= 4 is 46.5 Å². The zero-order chi connectivity index (χ0) is 26.5. The number of ketones is 1. The fourth-order valence-corrected chi connectivity index (χ4v) is 4.85. The molecule has 7 nitrogen and oxygen atoms in total. The van der Waals surface area contributed by atoms with Gasteiger partial charge >= 0.3 is 5.97 Å². The van der Waals surface area contributed by atoms with Gasteiger partial charge in [-0.05, 0) is 44.4 Å². The van der Waals surface area contributed by atoms with Crippen molar-refractivity contribution in [3.05, 3.63) is 69.1 Å². The van der Waals surface area contributed by atoms with E-state index in [-0.39, 0.29) is 27.8 Å². The molecule has 0 aliphatic heterocycles. The molecule has 1 aromatic carbocycles. The van der Waals surface area contributed by atoms with Gasteiger partial charge in [-0.2, -0.15) is 0 Å². The van der Waals surface area contributed by atoms with Gasteiger partial charge in [0.15, 0.2) is 5.78 Å². The third-order valence-corrected chi connectivity index (χ3v) is 6.97. The maximum absolute atomic E-state index is 12.6. The Labute approximate surface area is 221 Å². The summed E-state index contributed by atoms with van der Waals surface area (Å²) in [4.78, 5) is 41.1. The van der Waals surface area contributed by atoms with Crippen LogP contribution in [0.3, 0.4) is 0 Å². The Morgan fingerprint density at radius 1 is 1.06 bits per heavy atom. The number of nitrogens with zero attached hydrogens (tertiary/aromatic N) is 1. The molecule has 1 aromatic heterocycles. The molecule has 0 fully saturated rings. The van der Waals surface area contributed by atoms with Gasteiger partial charge < -0.3 is 15.7 Å². The molecule has 9 heteroatoms. The van der Waals surface area contributed by atoms with E-state index < -0.39 is 23.3 Å². The maximum atomic E-state index is 12.6. The highest BCUT2D eigenvalue weighted by atomic mass is 35.5. The quantitative estimate of drug-likeness (QED) is 0.287. The monoisotopic (exact) mass is 531 g/mol. The van der Waals surface area contributed by atoms with Crippen molar-refractivity contribution < 1.29 is 19.5 Å². The standard InChI is InChI=1S/C27H31Cl2N3O4/c1-4-5-6-7-8-18-23(27(2,3)24(18)33)32-21(26(35)36)13-16-9-11-17(12-10-16)31-25(34)22-19(28)14-30-15-20(22)29/h9-12,14-15,21,32H,4-8,13H2,1-3H3,(H,31,34)(H,35,36)/t21-/m0/s1. The first kappa shape index (κ1) is 27.7. The summed E-state index contributed by atoms with van der Waals surface area (Å²) in [5, 5.41) is 16.0. The van der Waals surface area contributed by atoms with Crippen LogP contribution in [-0.4, -0.2) is 33.8 Å². The molecule has 0 saturated carbocycles. The summed E-state index contributed by atoms with van der Waals surface area (Å²) < 4.78 is 0. The molecule has 1 atom stereocenters. The number of allylic oxidation sites excluding steroid dienone is 2. The minimum atomic E-state index is -0.998. The van der Waals surface area contributed by atoms with Crippen molar-refractivity contribution in [2.45, 2.75) is 65.3 Å². The second kappa shape index (κ2) is 11.9. The second-order valence-corrected chi connectivity index (χ2v) is 10.3. The molecular formula is C27H31Cl2N3O4. The molecule has 3 rings (SSSR count). The van der Waals surface area contributed by atoms with Crippen molar-refractivity contribution in [2.75, 3.05) is 5.32 Å². The smallest absolute Gasteiger partial charge is 0.326 e. The predicted molar refractivity (Wildman–Crippen MR) is 141 cm³/mol. The fourth-order valence-electron chi connectivity index (χ4n) is 4.31. The van der Waals surface area contributed by atoms with Crippen LogP contribution in [0.25, 0.3) is 0 Å². The number of aromatic nitrogens is 1. The van der Waals surface area contributed by atoms with E-state index in [1.807, 2.05) is 13.8 Å². The molecule has 0 unspecified atom stereocenters. The van der Waals surface area contributed by atoms with E-state index in [1.54, 1.807) is 24.3 Å². The van der Waals surface area contributed by atoms with Crippen LogP contribution in [0, 0.1) is 5.41 Å². The largest absolute Gasteiger partial charge is 0.480 e. The number of hydrogen-bond acceptors (Lipinski definition) is 5. The van der Waals surface area contributed by atoms with Crippen LogP contribution >= 0.6 is 23.2 Å². The molecule has 0 bridgehead atoms. The van der Waals surface area contributed by atoms with E-state index in [0.29, 0.717) is 17.7 Å². The average Bonchev–Trinajstić information content (AvgIpc) is 2.83. The molecule has 1 amide bonds. The lowest BCUT2D eigenvalue weighted by Gasteiger charge is -2.41. The van der Waals surface area contributed by atoms with Crippen molar-refractivity contribution in [2.24, 2.45) is 5.41 Å². The first-order valence-electron chi connectivity index (χ1n) is 12.0. The van der Waals surface area contributed by atoms with Gasteiger partial charge in [0, 0.05) is 35.8 Å². The Hall–Kier alpha value is -2.90. The van der Waals surface area contributed by atoms with Crippen LogP contribution in [0.4, 0.5) is 5.69 Å². The number of benzene rings is 1. The van der Waals surface area contributed by atoms with Crippen LogP contribution in [0.2, 0.25) is 10.0 Å². The second-order valence-electron chi connectivity index (χ2n) is 9.49. The molecular weight excluding hydrogens is 501 g/mol. The molecule has 0 spiro atoms. The summed E-state index contributed by atoms with van der Waals surface area (Å²) in [6, 6.07) is 5.97. The fraction of sp³-hybridized carbons (Fsp3) is 0.407. The average molecular weight is 532 g/mol.